The maximum atomic E-state index is 13.2. The van der Waals surface area contributed by atoms with Crippen LogP contribution in [-0.4, -0.2) is 71.4 Å². The number of carbonyl (C=O) groups excluding carboxylic acids is 1. The molecule has 1 saturated heterocycles. The van der Waals surface area contributed by atoms with Crippen LogP contribution in [0.1, 0.15) is 34.2 Å². The van der Waals surface area contributed by atoms with Crippen molar-refractivity contribution in [2.75, 3.05) is 29.9 Å². The molecule has 1 atom stereocenters. The quantitative estimate of drug-likeness (QED) is 0.455. The summed E-state index contributed by atoms with van der Waals surface area (Å²) in [5, 5.41) is 14.6. The van der Waals surface area contributed by atoms with Gasteiger partial charge in [0.25, 0.3) is 5.91 Å². The number of amides is 1. The van der Waals surface area contributed by atoms with E-state index in [1.165, 1.54) is 0 Å². The average Bonchev–Trinajstić information content (AvgIpc) is 3.46. The Morgan fingerprint density at radius 2 is 1.94 bits per heavy atom. The van der Waals surface area contributed by atoms with Crippen molar-refractivity contribution in [1.82, 2.24) is 39.8 Å². The molecule has 5 rings (SSSR count). The van der Waals surface area contributed by atoms with Crippen LogP contribution in [0.15, 0.2) is 42.9 Å². The van der Waals surface area contributed by atoms with E-state index in [0.717, 1.165) is 17.0 Å². The Morgan fingerprint density at radius 3 is 2.60 bits per heavy atom. The smallest absolute Gasteiger partial charge is 0.255 e. The molecule has 0 radical (unpaired) electrons. The molecule has 1 fully saturated rings. The Kier molecular flexibility index (Phi) is 5.89. The molecule has 0 aromatic carbocycles. The fourth-order valence-electron chi connectivity index (χ4n) is 4.16. The second-order valence-electron chi connectivity index (χ2n) is 8.92. The van der Waals surface area contributed by atoms with Gasteiger partial charge in [0, 0.05) is 61.6 Å². The lowest BCUT2D eigenvalue weighted by Crippen LogP contribution is -2.54. The highest BCUT2D eigenvalue weighted by Gasteiger charge is 2.29. The van der Waals surface area contributed by atoms with Crippen LogP contribution in [0.3, 0.4) is 0 Å². The van der Waals surface area contributed by atoms with E-state index in [1.54, 1.807) is 23.1 Å². The molecular formula is C24H28N10O. The van der Waals surface area contributed by atoms with Crippen LogP contribution in [0, 0.1) is 20.8 Å². The minimum Gasteiger partial charge on any atom is -0.337 e. The maximum absolute atomic E-state index is 13.2. The first-order valence-electron chi connectivity index (χ1n) is 11.5. The van der Waals surface area contributed by atoms with Gasteiger partial charge in [-0.05, 0) is 45.4 Å². The van der Waals surface area contributed by atoms with Gasteiger partial charge < -0.3 is 15.1 Å². The third-order valence-electron chi connectivity index (χ3n) is 5.92. The minimum absolute atomic E-state index is 0.0146. The molecule has 5 heterocycles. The summed E-state index contributed by atoms with van der Waals surface area (Å²) < 4.78 is 1.70. The summed E-state index contributed by atoms with van der Waals surface area (Å²) in [5.74, 6) is 2.67. The van der Waals surface area contributed by atoms with Gasteiger partial charge in [0.15, 0.2) is 11.6 Å². The van der Waals surface area contributed by atoms with Gasteiger partial charge in [0.05, 0.1) is 11.8 Å². The standard InChI is InChI=1S/C24H28N10O/c1-15-11-26-34(13-15)22-6-5-19(12-25-22)23(35)33-8-7-32(14-18(33)4)24-27-16(2)9-20(29-24)28-21-10-17(3)30-31-21/h5-6,9-13,18H,7-8,14H2,1-4H3,(H2,27,28,29,30,31)/t18-/m0/s1. The number of H-pyrrole nitrogens is 1. The van der Waals surface area contributed by atoms with Crippen LogP contribution in [0.5, 0.6) is 0 Å². The van der Waals surface area contributed by atoms with Crippen molar-refractivity contribution >= 4 is 23.5 Å². The number of nitrogens with zero attached hydrogens (tertiary/aromatic N) is 8. The molecule has 11 nitrogen and oxygen atoms in total. The van der Waals surface area contributed by atoms with Crippen molar-refractivity contribution in [2.24, 2.45) is 0 Å². The number of aromatic nitrogens is 7. The summed E-state index contributed by atoms with van der Waals surface area (Å²) in [5.41, 5.74) is 3.43. The predicted octanol–water partition coefficient (Wildman–Crippen LogP) is 2.80. The summed E-state index contributed by atoms with van der Waals surface area (Å²) in [6.07, 6.45) is 5.29. The first kappa shape index (κ1) is 22.5. The Bertz CT molecular complexity index is 1340. The van der Waals surface area contributed by atoms with E-state index in [-0.39, 0.29) is 11.9 Å². The van der Waals surface area contributed by atoms with Gasteiger partial charge in [-0.1, -0.05) is 0 Å². The zero-order valence-corrected chi connectivity index (χ0v) is 20.2. The number of nitrogens with one attached hydrogen (secondary N) is 2. The molecule has 0 aliphatic carbocycles. The molecule has 1 amide bonds. The van der Waals surface area contributed by atoms with Crippen LogP contribution >= 0.6 is 0 Å². The zero-order chi connectivity index (χ0) is 24.5. The van der Waals surface area contributed by atoms with Gasteiger partial charge >= 0.3 is 0 Å². The number of anilines is 3. The molecule has 4 aromatic rings. The Balaban J connectivity index is 1.26. The number of pyridine rings is 1. The highest BCUT2D eigenvalue weighted by atomic mass is 16.2. The Labute approximate surface area is 203 Å². The number of rotatable bonds is 5. The normalized spacial score (nSPS) is 15.9. The lowest BCUT2D eigenvalue weighted by molar-refractivity contribution is 0.0673. The van der Waals surface area contributed by atoms with Gasteiger partial charge in [-0.15, -0.1) is 0 Å². The average molecular weight is 473 g/mol. The highest BCUT2D eigenvalue weighted by Crippen LogP contribution is 2.21. The number of hydrogen-bond donors (Lipinski definition) is 2. The van der Waals surface area contributed by atoms with Crippen LogP contribution in [0.4, 0.5) is 17.6 Å². The fourth-order valence-corrected chi connectivity index (χ4v) is 4.16. The van der Waals surface area contributed by atoms with E-state index in [2.05, 4.69) is 35.5 Å². The van der Waals surface area contributed by atoms with Crippen LogP contribution in [0.2, 0.25) is 0 Å². The zero-order valence-electron chi connectivity index (χ0n) is 20.2. The van der Waals surface area contributed by atoms with E-state index < -0.39 is 0 Å². The van der Waals surface area contributed by atoms with E-state index in [0.29, 0.717) is 48.6 Å². The summed E-state index contributed by atoms with van der Waals surface area (Å²) in [6.45, 7) is 9.74. The Morgan fingerprint density at radius 1 is 1.09 bits per heavy atom. The summed E-state index contributed by atoms with van der Waals surface area (Å²) in [6, 6.07) is 7.41. The first-order valence-corrected chi connectivity index (χ1v) is 11.5. The third-order valence-corrected chi connectivity index (χ3v) is 5.92. The van der Waals surface area contributed by atoms with Crippen LogP contribution in [-0.2, 0) is 0 Å². The molecule has 180 valence electrons. The molecule has 35 heavy (non-hydrogen) atoms. The van der Waals surface area contributed by atoms with Gasteiger partial charge in [-0.25, -0.2) is 14.6 Å². The Hall–Kier alpha value is -4.28. The van der Waals surface area contributed by atoms with Crippen molar-refractivity contribution < 1.29 is 4.79 Å². The molecule has 0 bridgehead atoms. The number of aryl methyl sites for hydroxylation is 3. The lowest BCUT2D eigenvalue weighted by atomic mass is 10.1. The van der Waals surface area contributed by atoms with Gasteiger partial charge in [-0.2, -0.15) is 15.2 Å². The fraction of sp³-hybridized carbons (Fsp3) is 0.333. The third kappa shape index (κ3) is 4.84. The van der Waals surface area contributed by atoms with Crippen molar-refractivity contribution in [2.45, 2.75) is 33.7 Å². The van der Waals surface area contributed by atoms with Crippen molar-refractivity contribution in [3.8, 4) is 5.82 Å². The second kappa shape index (κ2) is 9.16. The molecule has 0 saturated carbocycles. The van der Waals surface area contributed by atoms with Gasteiger partial charge in [0.1, 0.15) is 5.82 Å². The van der Waals surface area contributed by atoms with Crippen molar-refractivity contribution in [3.05, 3.63) is 65.4 Å². The first-order chi connectivity index (χ1) is 16.9. The molecule has 4 aromatic heterocycles. The maximum Gasteiger partial charge on any atom is 0.255 e. The molecule has 1 aliphatic rings. The van der Waals surface area contributed by atoms with Gasteiger partial charge in [-0.3, -0.25) is 9.89 Å². The molecule has 0 spiro atoms. The van der Waals surface area contributed by atoms with Crippen molar-refractivity contribution in [3.63, 3.8) is 0 Å². The molecule has 0 unspecified atom stereocenters. The van der Waals surface area contributed by atoms with Crippen LogP contribution in [0.25, 0.3) is 5.82 Å². The molecule has 11 heteroatoms. The summed E-state index contributed by atoms with van der Waals surface area (Å²) in [4.78, 5) is 31.0. The van der Waals surface area contributed by atoms with Gasteiger partial charge in [0.2, 0.25) is 5.95 Å². The highest BCUT2D eigenvalue weighted by molar-refractivity contribution is 5.94. The number of piperazine rings is 1. The largest absolute Gasteiger partial charge is 0.337 e. The monoisotopic (exact) mass is 472 g/mol. The van der Waals surface area contributed by atoms with Crippen molar-refractivity contribution in [1.29, 1.82) is 0 Å². The minimum atomic E-state index is -0.0331. The SMILES string of the molecule is Cc1cnn(-c2ccc(C(=O)N3CCN(c4nc(C)cc(Nc5cc(C)[nH]n5)n4)C[C@@H]3C)cn2)c1. The number of carbonyl (C=O) groups is 1. The van der Waals surface area contributed by atoms with E-state index in [9.17, 15) is 4.79 Å². The summed E-state index contributed by atoms with van der Waals surface area (Å²) >= 11 is 0. The molecule has 2 N–H and O–H groups in total. The lowest BCUT2D eigenvalue weighted by Gasteiger charge is -2.40. The van der Waals surface area contributed by atoms with E-state index >= 15 is 0 Å². The second-order valence-corrected chi connectivity index (χ2v) is 8.92. The van der Waals surface area contributed by atoms with Crippen LogP contribution < -0.4 is 10.2 Å². The van der Waals surface area contributed by atoms with E-state index in [1.807, 2.05) is 57.0 Å². The summed E-state index contributed by atoms with van der Waals surface area (Å²) in [7, 11) is 0. The molecular weight excluding hydrogens is 444 g/mol. The number of hydrogen-bond acceptors (Lipinski definition) is 8. The van der Waals surface area contributed by atoms with E-state index in [4.69, 9.17) is 4.98 Å². The number of aromatic amines is 1. The molecule has 1 aliphatic heterocycles. The predicted molar refractivity (Wildman–Crippen MR) is 132 cm³/mol. The topological polar surface area (TPSA) is 121 Å².